The highest BCUT2D eigenvalue weighted by Crippen LogP contribution is 2.42. The summed E-state index contributed by atoms with van der Waals surface area (Å²) < 4.78 is 21.0. The Kier molecular flexibility index (Phi) is 2.78. The SMILES string of the molecule is COc1cc2ccn(CC3(N(C)C)CC3)c2cc1F. The van der Waals surface area contributed by atoms with Crippen molar-refractivity contribution in [2.45, 2.75) is 24.9 Å². The summed E-state index contributed by atoms with van der Waals surface area (Å²) in [5.41, 5.74) is 1.19. The maximum Gasteiger partial charge on any atom is 0.167 e. The molecule has 0 atom stereocenters. The van der Waals surface area contributed by atoms with Crippen molar-refractivity contribution in [2.75, 3.05) is 21.2 Å². The molecule has 3 nitrogen and oxygen atoms in total. The minimum absolute atomic E-state index is 0.252. The molecule has 102 valence electrons. The van der Waals surface area contributed by atoms with Crippen molar-refractivity contribution in [3.8, 4) is 5.75 Å². The predicted molar refractivity (Wildman–Crippen MR) is 74.1 cm³/mol. The van der Waals surface area contributed by atoms with Gasteiger partial charge in [-0.3, -0.25) is 0 Å². The van der Waals surface area contributed by atoms with Gasteiger partial charge in [0.25, 0.3) is 0 Å². The minimum atomic E-state index is -0.301. The summed E-state index contributed by atoms with van der Waals surface area (Å²) in [7, 11) is 5.72. The van der Waals surface area contributed by atoms with Crippen LogP contribution in [0.5, 0.6) is 5.75 Å². The van der Waals surface area contributed by atoms with E-state index in [9.17, 15) is 4.39 Å². The van der Waals surface area contributed by atoms with E-state index in [0.29, 0.717) is 5.75 Å². The number of hydrogen-bond donors (Lipinski definition) is 0. The first-order chi connectivity index (χ1) is 9.05. The molecule has 0 saturated heterocycles. The normalized spacial score (nSPS) is 17.1. The molecule has 1 heterocycles. The molecule has 0 N–H and O–H groups in total. The zero-order chi connectivity index (χ0) is 13.6. The second kappa shape index (κ2) is 4.23. The Morgan fingerprint density at radius 2 is 2.11 bits per heavy atom. The van der Waals surface area contributed by atoms with Gasteiger partial charge in [-0.25, -0.2) is 4.39 Å². The summed E-state index contributed by atoms with van der Waals surface area (Å²) in [6.45, 7) is 0.912. The molecule has 4 heteroatoms. The standard InChI is InChI=1S/C15H19FN2O/c1-17(2)15(5-6-15)10-18-7-4-11-8-14(19-3)12(16)9-13(11)18/h4,7-9H,5-6,10H2,1-3H3. The van der Waals surface area contributed by atoms with Gasteiger partial charge < -0.3 is 14.2 Å². The zero-order valence-electron chi connectivity index (χ0n) is 11.6. The van der Waals surface area contributed by atoms with E-state index in [1.54, 1.807) is 12.1 Å². The molecule has 19 heavy (non-hydrogen) atoms. The third-order valence-corrected chi connectivity index (χ3v) is 4.29. The van der Waals surface area contributed by atoms with E-state index in [4.69, 9.17) is 4.74 Å². The lowest BCUT2D eigenvalue weighted by Gasteiger charge is -2.24. The van der Waals surface area contributed by atoms with Crippen LogP contribution in [0.4, 0.5) is 4.39 Å². The molecular weight excluding hydrogens is 243 g/mol. The first-order valence-corrected chi connectivity index (χ1v) is 6.55. The fourth-order valence-electron chi connectivity index (χ4n) is 2.69. The van der Waals surface area contributed by atoms with Crippen LogP contribution in [-0.4, -0.2) is 36.2 Å². The van der Waals surface area contributed by atoms with E-state index in [1.165, 1.54) is 20.0 Å². The number of ether oxygens (including phenoxy) is 1. The van der Waals surface area contributed by atoms with E-state index in [2.05, 4.69) is 23.6 Å². The highest BCUT2D eigenvalue weighted by molar-refractivity contribution is 5.82. The topological polar surface area (TPSA) is 17.4 Å². The molecule has 0 amide bonds. The quantitative estimate of drug-likeness (QED) is 0.843. The van der Waals surface area contributed by atoms with Crippen molar-refractivity contribution in [3.63, 3.8) is 0 Å². The molecule has 0 radical (unpaired) electrons. The van der Waals surface area contributed by atoms with Gasteiger partial charge in [-0.1, -0.05) is 0 Å². The predicted octanol–water partition coefficient (Wildman–Crippen LogP) is 2.88. The van der Waals surface area contributed by atoms with Crippen molar-refractivity contribution < 1.29 is 9.13 Å². The maximum absolute atomic E-state index is 13.8. The van der Waals surface area contributed by atoms with Crippen molar-refractivity contribution in [2.24, 2.45) is 0 Å². The summed E-state index contributed by atoms with van der Waals surface area (Å²) in [4.78, 5) is 2.28. The minimum Gasteiger partial charge on any atom is -0.494 e. The average Bonchev–Trinajstić information content (AvgIpc) is 3.07. The fraction of sp³-hybridized carbons (Fsp3) is 0.467. The summed E-state index contributed by atoms with van der Waals surface area (Å²) in [5, 5.41) is 1.02. The lowest BCUT2D eigenvalue weighted by atomic mass is 10.2. The van der Waals surface area contributed by atoms with Crippen LogP contribution in [0.3, 0.4) is 0 Å². The number of methoxy groups -OCH3 is 1. The monoisotopic (exact) mass is 262 g/mol. The first-order valence-electron chi connectivity index (χ1n) is 6.55. The van der Waals surface area contributed by atoms with E-state index in [1.807, 2.05) is 12.3 Å². The Morgan fingerprint density at radius 1 is 1.37 bits per heavy atom. The Labute approximate surface area is 112 Å². The highest BCUT2D eigenvalue weighted by atomic mass is 19.1. The number of hydrogen-bond acceptors (Lipinski definition) is 2. The van der Waals surface area contributed by atoms with Gasteiger partial charge in [0.15, 0.2) is 11.6 Å². The van der Waals surface area contributed by atoms with Crippen LogP contribution < -0.4 is 4.74 Å². The highest BCUT2D eigenvalue weighted by Gasteiger charge is 2.45. The van der Waals surface area contributed by atoms with Crippen LogP contribution in [0, 0.1) is 5.82 Å². The van der Waals surface area contributed by atoms with Crippen LogP contribution in [0.25, 0.3) is 10.9 Å². The van der Waals surface area contributed by atoms with Gasteiger partial charge >= 0.3 is 0 Å². The van der Waals surface area contributed by atoms with Crippen molar-refractivity contribution in [3.05, 3.63) is 30.2 Å². The molecule has 1 saturated carbocycles. The Balaban J connectivity index is 1.99. The van der Waals surface area contributed by atoms with Crippen LogP contribution in [0.15, 0.2) is 24.4 Å². The smallest absolute Gasteiger partial charge is 0.167 e. The van der Waals surface area contributed by atoms with Crippen molar-refractivity contribution in [1.29, 1.82) is 0 Å². The molecule has 0 unspecified atom stereocenters. The number of rotatable bonds is 4. The Hall–Kier alpha value is -1.55. The number of nitrogens with zero attached hydrogens (tertiary/aromatic N) is 2. The molecule has 0 aliphatic heterocycles. The zero-order valence-corrected chi connectivity index (χ0v) is 11.6. The Bertz CT molecular complexity index is 614. The Morgan fingerprint density at radius 3 is 2.68 bits per heavy atom. The molecule has 1 fully saturated rings. The molecular formula is C15H19FN2O. The van der Waals surface area contributed by atoms with Crippen molar-refractivity contribution in [1.82, 2.24) is 9.47 Å². The number of aromatic nitrogens is 1. The molecule has 0 bridgehead atoms. The molecule has 0 spiro atoms. The molecule has 1 aliphatic rings. The van der Waals surface area contributed by atoms with Gasteiger partial charge in [-0.2, -0.15) is 0 Å². The lowest BCUT2D eigenvalue weighted by molar-refractivity contribution is 0.244. The third kappa shape index (κ3) is 2.00. The van der Waals surface area contributed by atoms with E-state index < -0.39 is 0 Å². The lowest BCUT2D eigenvalue weighted by Crippen LogP contribution is -2.34. The second-order valence-electron chi connectivity index (χ2n) is 5.61. The molecule has 2 aromatic rings. The van der Waals surface area contributed by atoms with Crippen LogP contribution >= 0.6 is 0 Å². The number of fused-ring (bicyclic) bond motifs is 1. The maximum atomic E-state index is 13.8. The van der Waals surface area contributed by atoms with Gasteiger partial charge in [0, 0.05) is 29.7 Å². The molecule has 3 rings (SSSR count). The van der Waals surface area contributed by atoms with E-state index in [-0.39, 0.29) is 11.4 Å². The first kappa shape index (κ1) is 12.5. The number of likely N-dealkylation sites (N-methyl/N-ethyl adjacent to an activating group) is 1. The van der Waals surface area contributed by atoms with Crippen molar-refractivity contribution >= 4 is 10.9 Å². The van der Waals surface area contributed by atoms with Gasteiger partial charge in [-0.05, 0) is 39.1 Å². The van der Waals surface area contributed by atoms with Crippen LogP contribution in [0.2, 0.25) is 0 Å². The van der Waals surface area contributed by atoms with Gasteiger partial charge in [0.05, 0.1) is 12.6 Å². The van der Waals surface area contributed by atoms with E-state index >= 15 is 0 Å². The number of halogens is 1. The molecule has 1 aromatic heterocycles. The van der Waals surface area contributed by atoms with Crippen LogP contribution in [-0.2, 0) is 6.54 Å². The summed E-state index contributed by atoms with van der Waals surface area (Å²) in [5.74, 6) is 0.00337. The molecule has 1 aliphatic carbocycles. The van der Waals surface area contributed by atoms with Gasteiger partial charge in [0.1, 0.15) is 0 Å². The molecule has 1 aromatic carbocycles. The summed E-state index contributed by atoms with van der Waals surface area (Å²) in [6, 6.07) is 5.35. The van der Waals surface area contributed by atoms with Gasteiger partial charge in [0.2, 0.25) is 0 Å². The fourth-order valence-corrected chi connectivity index (χ4v) is 2.69. The summed E-state index contributed by atoms with van der Waals surface area (Å²) >= 11 is 0. The third-order valence-electron chi connectivity index (χ3n) is 4.29. The number of benzene rings is 1. The second-order valence-corrected chi connectivity index (χ2v) is 5.61. The average molecular weight is 262 g/mol. The van der Waals surface area contributed by atoms with Gasteiger partial charge in [-0.15, -0.1) is 0 Å². The van der Waals surface area contributed by atoms with Crippen LogP contribution in [0.1, 0.15) is 12.8 Å². The largest absolute Gasteiger partial charge is 0.494 e. The van der Waals surface area contributed by atoms with E-state index in [0.717, 1.165) is 17.4 Å². The summed E-state index contributed by atoms with van der Waals surface area (Å²) in [6.07, 6.45) is 4.45.